The van der Waals surface area contributed by atoms with Crippen LogP contribution in [0.1, 0.15) is 37.4 Å². The molecule has 3 rings (SSSR count). The molecule has 0 heterocycles. The third kappa shape index (κ3) is 5.07. The van der Waals surface area contributed by atoms with E-state index in [2.05, 4.69) is 5.32 Å². The van der Waals surface area contributed by atoms with Crippen LogP contribution in [-0.4, -0.2) is 23.8 Å². The fourth-order valence-corrected chi connectivity index (χ4v) is 2.93. The molecule has 28 heavy (non-hydrogen) atoms. The molecule has 0 aliphatic rings. The van der Waals surface area contributed by atoms with Gasteiger partial charge in [-0.1, -0.05) is 66.2 Å². The summed E-state index contributed by atoms with van der Waals surface area (Å²) < 4.78 is 0. The summed E-state index contributed by atoms with van der Waals surface area (Å²) in [7, 11) is 1.76. The number of aryl methyl sites for hydroxylation is 1. The van der Waals surface area contributed by atoms with E-state index in [1.807, 2.05) is 61.5 Å². The summed E-state index contributed by atoms with van der Waals surface area (Å²) in [6.07, 6.45) is 0. The lowest BCUT2D eigenvalue weighted by Crippen LogP contribution is -2.27. The van der Waals surface area contributed by atoms with Gasteiger partial charge in [0, 0.05) is 31.3 Å². The number of carbonyl (C=O) groups is 2. The summed E-state index contributed by atoms with van der Waals surface area (Å²) in [5, 5.41) is 2.91. The van der Waals surface area contributed by atoms with E-state index in [0.717, 1.165) is 11.1 Å². The van der Waals surface area contributed by atoms with Crippen LogP contribution in [0.5, 0.6) is 0 Å². The molecule has 1 N–H and O–H groups in total. The molecule has 0 fully saturated rings. The highest BCUT2D eigenvalue weighted by atomic mass is 16.2. The highest BCUT2D eigenvalue weighted by molar-refractivity contribution is 5.99. The van der Waals surface area contributed by atoms with Crippen molar-refractivity contribution in [3.8, 4) is 0 Å². The maximum atomic E-state index is 12.7. The van der Waals surface area contributed by atoms with Gasteiger partial charge in [0.25, 0.3) is 11.8 Å². The summed E-state index contributed by atoms with van der Waals surface area (Å²) in [6.45, 7) is 2.99. The van der Waals surface area contributed by atoms with Gasteiger partial charge in [0.05, 0.1) is 0 Å². The molecule has 0 aliphatic carbocycles. The molecule has 4 heteroatoms. The lowest BCUT2D eigenvalue weighted by atomic mass is 10.1. The summed E-state index contributed by atoms with van der Waals surface area (Å²) in [5.41, 5.74) is 4.26. The van der Waals surface area contributed by atoms with Crippen molar-refractivity contribution in [1.29, 1.82) is 0 Å². The molecular formula is C24H24N2O2. The molecule has 3 aromatic rings. The zero-order chi connectivity index (χ0) is 19.9. The molecule has 0 aromatic heterocycles. The minimum absolute atomic E-state index is 0.114. The molecule has 2 amide bonds. The zero-order valence-corrected chi connectivity index (χ0v) is 16.2. The second kappa shape index (κ2) is 9.00. The van der Waals surface area contributed by atoms with Crippen LogP contribution in [0.15, 0.2) is 78.9 Å². The van der Waals surface area contributed by atoms with Gasteiger partial charge in [0.15, 0.2) is 0 Å². The van der Waals surface area contributed by atoms with E-state index < -0.39 is 0 Å². The van der Waals surface area contributed by atoms with Crippen molar-refractivity contribution in [2.45, 2.75) is 20.0 Å². The monoisotopic (exact) mass is 372 g/mol. The molecule has 0 unspecified atom stereocenters. The standard InChI is InChI=1S/C24H24N2O2/c1-18-11-13-19(14-12-18)16-25-23(27)21-9-6-10-22(15-21)24(28)26(2)17-20-7-4-3-5-8-20/h3-15H,16-17H2,1-2H3,(H,25,27). The van der Waals surface area contributed by atoms with Crippen molar-refractivity contribution in [2.24, 2.45) is 0 Å². The Morgan fingerprint density at radius 3 is 2.21 bits per heavy atom. The molecule has 0 aliphatic heterocycles. The Kier molecular flexibility index (Phi) is 6.22. The maximum absolute atomic E-state index is 12.7. The molecule has 0 atom stereocenters. The zero-order valence-electron chi connectivity index (χ0n) is 16.2. The first kappa shape index (κ1) is 19.4. The quantitative estimate of drug-likeness (QED) is 0.705. The molecule has 0 spiro atoms. The second-order valence-electron chi connectivity index (χ2n) is 6.90. The molecule has 3 aromatic carbocycles. The topological polar surface area (TPSA) is 49.4 Å². The lowest BCUT2D eigenvalue weighted by Gasteiger charge is -2.17. The van der Waals surface area contributed by atoms with Crippen LogP contribution in [0.25, 0.3) is 0 Å². The molecule has 0 radical (unpaired) electrons. The van der Waals surface area contributed by atoms with E-state index in [0.29, 0.717) is 24.2 Å². The summed E-state index contributed by atoms with van der Waals surface area (Å²) in [5.74, 6) is -0.307. The van der Waals surface area contributed by atoms with E-state index in [4.69, 9.17) is 0 Å². The third-order valence-corrected chi connectivity index (χ3v) is 4.55. The van der Waals surface area contributed by atoms with Crippen molar-refractivity contribution in [1.82, 2.24) is 10.2 Å². The van der Waals surface area contributed by atoms with Gasteiger partial charge in [-0.25, -0.2) is 0 Å². The normalized spacial score (nSPS) is 10.4. The van der Waals surface area contributed by atoms with Gasteiger partial charge >= 0.3 is 0 Å². The van der Waals surface area contributed by atoms with E-state index in [1.165, 1.54) is 5.56 Å². The first-order valence-electron chi connectivity index (χ1n) is 9.26. The van der Waals surface area contributed by atoms with Crippen molar-refractivity contribution >= 4 is 11.8 Å². The van der Waals surface area contributed by atoms with Crippen LogP contribution >= 0.6 is 0 Å². The van der Waals surface area contributed by atoms with E-state index >= 15 is 0 Å². The van der Waals surface area contributed by atoms with Gasteiger partial charge in [-0.2, -0.15) is 0 Å². The lowest BCUT2D eigenvalue weighted by molar-refractivity contribution is 0.0785. The average molecular weight is 372 g/mol. The Morgan fingerprint density at radius 2 is 1.50 bits per heavy atom. The number of nitrogens with one attached hydrogen (secondary N) is 1. The van der Waals surface area contributed by atoms with Crippen molar-refractivity contribution in [3.05, 3.63) is 107 Å². The Morgan fingerprint density at radius 1 is 0.821 bits per heavy atom. The van der Waals surface area contributed by atoms with Crippen LogP contribution in [0.4, 0.5) is 0 Å². The Balaban J connectivity index is 1.64. The van der Waals surface area contributed by atoms with Crippen molar-refractivity contribution < 1.29 is 9.59 Å². The van der Waals surface area contributed by atoms with Crippen LogP contribution in [0.3, 0.4) is 0 Å². The van der Waals surface area contributed by atoms with E-state index in [1.54, 1.807) is 36.2 Å². The minimum atomic E-state index is -0.194. The third-order valence-electron chi connectivity index (χ3n) is 4.55. The number of hydrogen-bond donors (Lipinski definition) is 1. The fourth-order valence-electron chi connectivity index (χ4n) is 2.93. The van der Waals surface area contributed by atoms with Gasteiger partial charge in [-0.3, -0.25) is 9.59 Å². The number of hydrogen-bond acceptors (Lipinski definition) is 2. The summed E-state index contributed by atoms with van der Waals surface area (Å²) in [4.78, 5) is 26.9. The van der Waals surface area contributed by atoms with Crippen LogP contribution in [0.2, 0.25) is 0 Å². The second-order valence-corrected chi connectivity index (χ2v) is 6.90. The number of carbonyl (C=O) groups excluding carboxylic acids is 2. The van der Waals surface area contributed by atoms with Gasteiger partial charge in [-0.15, -0.1) is 0 Å². The SMILES string of the molecule is Cc1ccc(CNC(=O)c2cccc(C(=O)N(C)Cc3ccccc3)c2)cc1. The number of rotatable bonds is 6. The fraction of sp³-hybridized carbons (Fsp3) is 0.167. The first-order valence-corrected chi connectivity index (χ1v) is 9.26. The smallest absolute Gasteiger partial charge is 0.253 e. The van der Waals surface area contributed by atoms with Gasteiger partial charge in [-0.05, 0) is 36.2 Å². The van der Waals surface area contributed by atoms with E-state index in [9.17, 15) is 9.59 Å². The average Bonchev–Trinajstić information content (AvgIpc) is 2.73. The summed E-state index contributed by atoms with van der Waals surface area (Å²) in [6, 6.07) is 24.7. The van der Waals surface area contributed by atoms with Crippen LogP contribution in [-0.2, 0) is 13.1 Å². The predicted molar refractivity (Wildman–Crippen MR) is 111 cm³/mol. The number of nitrogens with zero attached hydrogens (tertiary/aromatic N) is 1. The maximum Gasteiger partial charge on any atom is 0.253 e. The largest absolute Gasteiger partial charge is 0.348 e. The Labute approximate surface area is 165 Å². The van der Waals surface area contributed by atoms with Gasteiger partial charge < -0.3 is 10.2 Å². The molecule has 142 valence electrons. The number of amides is 2. The van der Waals surface area contributed by atoms with E-state index in [-0.39, 0.29) is 11.8 Å². The predicted octanol–water partition coefficient (Wildman–Crippen LogP) is 4.20. The Bertz CT molecular complexity index is 950. The van der Waals surface area contributed by atoms with Crippen LogP contribution in [0, 0.1) is 6.92 Å². The van der Waals surface area contributed by atoms with Gasteiger partial charge in [0.2, 0.25) is 0 Å². The van der Waals surface area contributed by atoms with Crippen molar-refractivity contribution in [2.75, 3.05) is 7.05 Å². The van der Waals surface area contributed by atoms with Crippen LogP contribution < -0.4 is 5.32 Å². The first-order chi connectivity index (χ1) is 13.5. The molecule has 4 nitrogen and oxygen atoms in total. The van der Waals surface area contributed by atoms with Crippen molar-refractivity contribution in [3.63, 3.8) is 0 Å². The van der Waals surface area contributed by atoms with Gasteiger partial charge in [0.1, 0.15) is 0 Å². The molecular weight excluding hydrogens is 348 g/mol. The molecule has 0 saturated heterocycles. The summed E-state index contributed by atoms with van der Waals surface area (Å²) >= 11 is 0. The minimum Gasteiger partial charge on any atom is -0.348 e. The Hall–Kier alpha value is -3.40. The molecule has 0 saturated carbocycles. The highest BCUT2D eigenvalue weighted by Crippen LogP contribution is 2.11. The molecule has 0 bridgehead atoms. The number of benzene rings is 3. The highest BCUT2D eigenvalue weighted by Gasteiger charge is 2.14.